The number of aryl methyl sites for hydroxylation is 1. The topological polar surface area (TPSA) is 45.5 Å². The highest BCUT2D eigenvalue weighted by molar-refractivity contribution is 14.0. The Bertz CT molecular complexity index is 965. The normalized spacial score (nSPS) is 16.8. The van der Waals surface area contributed by atoms with Gasteiger partial charge in [-0.3, -0.25) is 4.68 Å². The van der Waals surface area contributed by atoms with E-state index in [2.05, 4.69) is 70.9 Å². The average Bonchev–Trinajstić information content (AvgIpc) is 3.34. The molecule has 1 N–H and O–H groups in total. The molecular formula is C23H30IN5. The molecule has 1 aliphatic rings. The summed E-state index contributed by atoms with van der Waals surface area (Å²) in [6, 6.07) is 15.1. The van der Waals surface area contributed by atoms with E-state index in [1.165, 1.54) is 28.3 Å². The molecule has 29 heavy (non-hydrogen) atoms. The highest BCUT2D eigenvalue weighted by Crippen LogP contribution is 2.21. The number of nitrogens with one attached hydrogen (secondary N) is 1. The van der Waals surface area contributed by atoms with Gasteiger partial charge in [-0.2, -0.15) is 5.10 Å². The van der Waals surface area contributed by atoms with Crippen LogP contribution in [0.3, 0.4) is 0 Å². The highest BCUT2D eigenvalue weighted by Gasteiger charge is 2.25. The Morgan fingerprint density at radius 3 is 2.76 bits per heavy atom. The van der Waals surface area contributed by atoms with Gasteiger partial charge in [-0.25, -0.2) is 4.99 Å². The fraction of sp³-hybridized carbons (Fsp3) is 0.391. The van der Waals surface area contributed by atoms with Gasteiger partial charge >= 0.3 is 0 Å². The van der Waals surface area contributed by atoms with Gasteiger partial charge in [-0.15, -0.1) is 24.0 Å². The first-order valence-corrected chi connectivity index (χ1v) is 10.2. The minimum Gasteiger partial charge on any atom is -0.357 e. The van der Waals surface area contributed by atoms with Crippen LogP contribution in [-0.4, -0.2) is 40.3 Å². The second kappa shape index (κ2) is 10.1. The summed E-state index contributed by atoms with van der Waals surface area (Å²) in [5.41, 5.74) is 2.58. The molecular weight excluding hydrogens is 473 g/mol. The predicted octanol–water partition coefficient (Wildman–Crippen LogP) is 4.22. The first kappa shape index (κ1) is 21.6. The lowest BCUT2D eigenvalue weighted by molar-refractivity contribution is 0.460. The minimum atomic E-state index is 0. The van der Waals surface area contributed by atoms with Gasteiger partial charge in [0, 0.05) is 32.9 Å². The lowest BCUT2D eigenvalue weighted by atomic mass is 10.0. The summed E-state index contributed by atoms with van der Waals surface area (Å²) >= 11 is 0. The van der Waals surface area contributed by atoms with Crippen molar-refractivity contribution in [1.29, 1.82) is 0 Å². The van der Waals surface area contributed by atoms with E-state index in [-0.39, 0.29) is 24.0 Å². The lowest BCUT2D eigenvalue weighted by Crippen LogP contribution is -2.40. The number of guanidine groups is 1. The third-order valence-corrected chi connectivity index (χ3v) is 5.43. The van der Waals surface area contributed by atoms with Crippen LogP contribution < -0.4 is 5.32 Å². The van der Waals surface area contributed by atoms with E-state index in [1.54, 1.807) is 0 Å². The molecule has 2 aromatic carbocycles. The largest absolute Gasteiger partial charge is 0.357 e. The number of aliphatic imine (C=N–C) groups is 1. The van der Waals surface area contributed by atoms with Gasteiger partial charge in [0.05, 0.1) is 12.7 Å². The molecule has 1 aliphatic heterocycles. The van der Waals surface area contributed by atoms with Gasteiger partial charge in [0.2, 0.25) is 0 Å². The maximum atomic E-state index is 4.93. The number of halogens is 1. The molecule has 1 fully saturated rings. The summed E-state index contributed by atoms with van der Waals surface area (Å²) < 4.78 is 1.89. The van der Waals surface area contributed by atoms with E-state index in [0.29, 0.717) is 12.5 Å². The molecule has 6 heteroatoms. The highest BCUT2D eigenvalue weighted by atomic mass is 127. The summed E-state index contributed by atoms with van der Waals surface area (Å²) in [6.07, 6.45) is 6.41. The predicted molar refractivity (Wildman–Crippen MR) is 131 cm³/mol. The third-order valence-electron chi connectivity index (χ3n) is 5.43. The lowest BCUT2D eigenvalue weighted by Gasteiger charge is -2.21. The molecule has 3 aromatic rings. The fourth-order valence-electron chi connectivity index (χ4n) is 4.03. The van der Waals surface area contributed by atoms with Crippen molar-refractivity contribution in [3.63, 3.8) is 0 Å². The van der Waals surface area contributed by atoms with Crippen LogP contribution in [0.1, 0.15) is 24.5 Å². The summed E-state index contributed by atoms with van der Waals surface area (Å²) in [4.78, 5) is 7.34. The van der Waals surface area contributed by atoms with Crippen molar-refractivity contribution in [1.82, 2.24) is 20.0 Å². The maximum absolute atomic E-state index is 4.93. The number of nitrogens with zero attached hydrogens (tertiary/aromatic N) is 4. The summed E-state index contributed by atoms with van der Waals surface area (Å²) in [5, 5.41) is 10.3. The Hall–Kier alpha value is -2.09. The molecule has 1 aromatic heterocycles. The molecule has 0 amide bonds. The fourth-order valence-corrected chi connectivity index (χ4v) is 4.03. The van der Waals surface area contributed by atoms with Crippen molar-refractivity contribution in [2.75, 3.05) is 19.6 Å². The van der Waals surface area contributed by atoms with Crippen LogP contribution in [-0.2, 0) is 20.0 Å². The van der Waals surface area contributed by atoms with E-state index >= 15 is 0 Å². The Morgan fingerprint density at radius 2 is 2.00 bits per heavy atom. The Morgan fingerprint density at radius 1 is 1.17 bits per heavy atom. The van der Waals surface area contributed by atoms with Crippen LogP contribution in [0.25, 0.3) is 10.8 Å². The summed E-state index contributed by atoms with van der Waals surface area (Å²) in [6.45, 7) is 5.85. The molecule has 0 aliphatic carbocycles. The van der Waals surface area contributed by atoms with Gasteiger partial charge in [0.1, 0.15) is 0 Å². The number of benzene rings is 2. The summed E-state index contributed by atoms with van der Waals surface area (Å²) in [5.74, 6) is 1.69. The minimum absolute atomic E-state index is 0. The molecule has 4 rings (SSSR count). The smallest absolute Gasteiger partial charge is 0.194 e. The van der Waals surface area contributed by atoms with Crippen molar-refractivity contribution < 1.29 is 0 Å². The number of hydrogen-bond acceptors (Lipinski definition) is 2. The van der Waals surface area contributed by atoms with E-state index in [4.69, 9.17) is 4.99 Å². The Balaban J connectivity index is 0.00000240. The standard InChI is InChI=1S/C23H29N5.HI/c1-3-24-23(25-14-18-8-9-21-6-4-5-7-22(21)13-18)28-11-10-19(17-28)12-20-15-26-27(2)16-20;/h4-9,13,15-16,19H,3,10-12,14,17H2,1-2H3,(H,24,25);1H. The molecule has 154 valence electrons. The van der Waals surface area contributed by atoms with E-state index in [0.717, 1.165) is 32.0 Å². The van der Waals surface area contributed by atoms with E-state index in [9.17, 15) is 0 Å². The van der Waals surface area contributed by atoms with Crippen molar-refractivity contribution in [2.24, 2.45) is 18.0 Å². The molecule has 0 spiro atoms. The molecule has 1 saturated heterocycles. The first-order valence-electron chi connectivity index (χ1n) is 10.2. The average molecular weight is 503 g/mol. The number of aromatic nitrogens is 2. The van der Waals surface area contributed by atoms with Crippen LogP contribution in [0.5, 0.6) is 0 Å². The van der Waals surface area contributed by atoms with Crippen molar-refractivity contribution in [2.45, 2.75) is 26.3 Å². The number of hydrogen-bond donors (Lipinski definition) is 1. The maximum Gasteiger partial charge on any atom is 0.194 e. The van der Waals surface area contributed by atoms with Gasteiger partial charge in [0.15, 0.2) is 5.96 Å². The first-order chi connectivity index (χ1) is 13.7. The molecule has 1 atom stereocenters. The molecule has 0 radical (unpaired) electrons. The SMILES string of the molecule is CCNC(=NCc1ccc2ccccc2c1)N1CCC(Cc2cnn(C)c2)C1.I. The van der Waals surface area contributed by atoms with Crippen molar-refractivity contribution in [3.8, 4) is 0 Å². The molecule has 0 bridgehead atoms. The summed E-state index contributed by atoms with van der Waals surface area (Å²) in [7, 11) is 1.98. The van der Waals surface area contributed by atoms with E-state index < -0.39 is 0 Å². The molecule has 1 unspecified atom stereocenters. The zero-order valence-corrected chi connectivity index (χ0v) is 19.5. The quantitative estimate of drug-likeness (QED) is 0.322. The van der Waals surface area contributed by atoms with Gasteiger partial charge < -0.3 is 10.2 Å². The van der Waals surface area contributed by atoms with Gasteiger partial charge in [-0.05, 0) is 53.6 Å². The van der Waals surface area contributed by atoms with Crippen LogP contribution >= 0.6 is 24.0 Å². The number of rotatable bonds is 5. The van der Waals surface area contributed by atoms with Crippen LogP contribution in [0.4, 0.5) is 0 Å². The number of likely N-dealkylation sites (tertiary alicyclic amines) is 1. The zero-order chi connectivity index (χ0) is 19.3. The zero-order valence-electron chi connectivity index (χ0n) is 17.2. The molecule has 0 saturated carbocycles. The van der Waals surface area contributed by atoms with Crippen LogP contribution in [0.15, 0.2) is 59.9 Å². The van der Waals surface area contributed by atoms with Gasteiger partial charge in [0.25, 0.3) is 0 Å². The van der Waals surface area contributed by atoms with Crippen molar-refractivity contribution >= 4 is 40.7 Å². The van der Waals surface area contributed by atoms with Crippen LogP contribution in [0, 0.1) is 5.92 Å². The Kier molecular flexibility index (Phi) is 7.52. The van der Waals surface area contributed by atoms with Gasteiger partial charge in [-0.1, -0.05) is 36.4 Å². The van der Waals surface area contributed by atoms with Crippen molar-refractivity contribution in [3.05, 3.63) is 66.0 Å². The number of fused-ring (bicyclic) bond motifs is 1. The van der Waals surface area contributed by atoms with E-state index in [1.807, 2.05) is 17.9 Å². The van der Waals surface area contributed by atoms with Crippen LogP contribution in [0.2, 0.25) is 0 Å². The molecule has 2 heterocycles. The second-order valence-corrected chi connectivity index (χ2v) is 7.68. The second-order valence-electron chi connectivity index (χ2n) is 7.68. The third kappa shape index (κ3) is 5.50. The Labute approximate surface area is 190 Å². The molecule has 5 nitrogen and oxygen atoms in total. The monoisotopic (exact) mass is 503 g/mol.